The van der Waals surface area contributed by atoms with Gasteiger partial charge in [0, 0.05) is 0 Å². The Balaban J connectivity index is 2.13. The van der Waals surface area contributed by atoms with Crippen molar-refractivity contribution < 1.29 is 23.9 Å². The Morgan fingerprint density at radius 2 is 1.54 bits per heavy atom. The minimum atomic E-state index is -0.660. The maximum atomic E-state index is 12.0. The summed E-state index contributed by atoms with van der Waals surface area (Å²) in [6.07, 6.45) is 1.14. The number of ether oxygens (including phenoxy) is 2. The smallest absolute Gasteiger partial charge is 0.343 e. The van der Waals surface area contributed by atoms with Crippen LogP contribution in [-0.2, 0) is 14.3 Å². The molecule has 0 radical (unpaired) electrons. The largest absolute Gasteiger partial charge is 0.459 e. The second-order valence-electron chi connectivity index (χ2n) is 5.89. The first-order chi connectivity index (χ1) is 12.4. The Labute approximate surface area is 152 Å². The van der Waals surface area contributed by atoms with Crippen LogP contribution < -0.4 is 4.74 Å². The van der Waals surface area contributed by atoms with E-state index in [0.717, 1.165) is 0 Å². The molecule has 0 bridgehead atoms. The van der Waals surface area contributed by atoms with Crippen molar-refractivity contribution in [1.82, 2.24) is 0 Å². The summed E-state index contributed by atoms with van der Waals surface area (Å²) in [4.78, 5) is 35.7. The molecule has 0 heterocycles. The standard InChI is InChI=1S/C21H20O5/c1-14(2)25-21(24)19(15(3)22)13-16-9-11-18(12-10-16)26-20(23)17-7-5-4-6-8-17/h4-14H,1-3H3/b19-13-. The first kappa shape index (κ1) is 19.1. The van der Waals surface area contributed by atoms with E-state index < -0.39 is 11.9 Å². The molecule has 0 saturated heterocycles. The van der Waals surface area contributed by atoms with Gasteiger partial charge in [0.15, 0.2) is 5.78 Å². The summed E-state index contributed by atoms with van der Waals surface area (Å²) in [5.41, 5.74) is 1.04. The highest BCUT2D eigenvalue weighted by molar-refractivity contribution is 6.19. The molecule has 0 spiro atoms. The number of rotatable bonds is 6. The van der Waals surface area contributed by atoms with Gasteiger partial charge in [-0.05, 0) is 56.7 Å². The highest BCUT2D eigenvalue weighted by Crippen LogP contribution is 2.17. The number of hydrogen-bond acceptors (Lipinski definition) is 5. The molecule has 0 aromatic heterocycles. The summed E-state index contributed by atoms with van der Waals surface area (Å²) in [6, 6.07) is 15.1. The molecular formula is C21H20O5. The van der Waals surface area contributed by atoms with Crippen LogP contribution in [0, 0.1) is 0 Å². The molecule has 0 saturated carbocycles. The normalized spacial score (nSPS) is 11.2. The minimum Gasteiger partial charge on any atom is -0.459 e. The van der Waals surface area contributed by atoms with Crippen LogP contribution in [0.4, 0.5) is 0 Å². The van der Waals surface area contributed by atoms with E-state index in [9.17, 15) is 14.4 Å². The maximum absolute atomic E-state index is 12.0. The number of carbonyl (C=O) groups excluding carboxylic acids is 3. The predicted molar refractivity (Wildman–Crippen MR) is 97.7 cm³/mol. The molecule has 0 unspecified atom stereocenters. The number of ketones is 1. The minimum absolute atomic E-state index is 0.0345. The Bertz CT molecular complexity index is 817. The summed E-state index contributed by atoms with van der Waals surface area (Å²) in [7, 11) is 0. The quantitative estimate of drug-likeness (QED) is 0.260. The van der Waals surface area contributed by atoms with E-state index in [1.54, 1.807) is 62.4 Å². The summed E-state index contributed by atoms with van der Waals surface area (Å²) < 4.78 is 10.4. The molecule has 0 amide bonds. The zero-order chi connectivity index (χ0) is 19.1. The van der Waals surface area contributed by atoms with Gasteiger partial charge in [-0.25, -0.2) is 9.59 Å². The van der Waals surface area contributed by atoms with Gasteiger partial charge in [0.25, 0.3) is 0 Å². The maximum Gasteiger partial charge on any atom is 0.343 e. The van der Waals surface area contributed by atoms with Crippen LogP contribution in [0.2, 0.25) is 0 Å². The molecule has 134 valence electrons. The van der Waals surface area contributed by atoms with E-state index in [1.807, 2.05) is 6.07 Å². The lowest BCUT2D eigenvalue weighted by Gasteiger charge is -2.09. The molecule has 26 heavy (non-hydrogen) atoms. The Hall–Kier alpha value is -3.21. The van der Waals surface area contributed by atoms with Gasteiger partial charge >= 0.3 is 11.9 Å². The predicted octanol–water partition coefficient (Wildman–Crippen LogP) is 3.83. The summed E-state index contributed by atoms with van der Waals surface area (Å²) >= 11 is 0. The van der Waals surface area contributed by atoms with Gasteiger partial charge in [0.2, 0.25) is 0 Å². The van der Waals surface area contributed by atoms with E-state index >= 15 is 0 Å². The van der Waals surface area contributed by atoms with Crippen molar-refractivity contribution in [1.29, 1.82) is 0 Å². The molecule has 0 N–H and O–H groups in total. The molecule has 0 aliphatic carbocycles. The number of benzene rings is 2. The Morgan fingerprint density at radius 1 is 0.923 bits per heavy atom. The van der Waals surface area contributed by atoms with Crippen molar-refractivity contribution in [3.8, 4) is 5.75 Å². The number of esters is 2. The fraction of sp³-hybridized carbons (Fsp3) is 0.190. The van der Waals surface area contributed by atoms with Gasteiger partial charge in [0.1, 0.15) is 11.3 Å². The number of carbonyl (C=O) groups is 3. The molecule has 2 rings (SSSR count). The van der Waals surface area contributed by atoms with Gasteiger partial charge in [-0.1, -0.05) is 30.3 Å². The van der Waals surface area contributed by atoms with Gasteiger partial charge in [0.05, 0.1) is 11.7 Å². The molecule has 5 nitrogen and oxygen atoms in total. The van der Waals surface area contributed by atoms with Crippen LogP contribution in [0.1, 0.15) is 36.7 Å². The average molecular weight is 352 g/mol. The van der Waals surface area contributed by atoms with E-state index in [2.05, 4.69) is 0 Å². The second kappa shape index (κ2) is 8.76. The lowest BCUT2D eigenvalue weighted by atomic mass is 10.1. The van der Waals surface area contributed by atoms with Crippen molar-refractivity contribution in [2.24, 2.45) is 0 Å². The van der Waals surface area contributed by atoms with E-state index in [-0.39, 0.29) is 17.5 Å². The third kappa shape index (κ3) is 5.41. The fourth-order valence-electron chi connectivity index (χ4n) is 2.12. The van der Waals surface area contributed by atoms with Crippen LogP contribution in [0.15, 0.2) is 60.2 Å². The van der Waals surface area contributed by atoms with E-state index in [1.165, 1.54) is 13.0 Å². The third-order valence-corrected chi connectivity index (χ3v) is 3.35. The van der Waals surface area contributed by atoms with Crippen molar-refractivity contribution in [2.75, 3.05) is 0 Å². The zero-order valence-electron chi connectivity index (χ0n) is 14.9. The summed E-state index contributed by atoms with van der Waals surface area (Å²) in [6.45, 7) is 4.74. The van der Waals surface area contributed by atoms with Crippen molar-refractivity contribution >= 4 is 23.8 Å². The van der Waals surface area contributed by atoms with E-state index in [4.69, 9.17) is 9.47 Å². The molecule has 2 aromatic rings. The molecule has 0 aliphatic rings. The highest BCUT2D eigenvalue weighted by Gasteiger charge is 2.17. The monoisotopic (exact) mass is 352 g/mol. The molecule has 0 fully saturated rings. The average Bonchev–Trinajstić information content (AvgIpc) is 2.60. The molecule has 0 aliphatic heterocycles. The van der Waals surface area contributed by atoms with Gasteiger partial charge in [-0.3, -0.25) is 4.79 Å². The van der Waals surface area contributed by atoms with E-state index in [0.29, 0.717) is 16.9 Å². The summed E-state index contributed by atoms with van der Waals surface area (Å²) in [5.74, 6) is -1.13. The van der Waals surface area contributed by atoms with Gasteiger partial charge in [-0.2, -0.15) is 0 Å². The first-order valence-corrected chi connectivity index (χ1v) is 8.17. The van der Waals surface area contributed by atoms with Crippen LogP contribution in [0.3, 0.4) is 0 Å². The first-order valence-electron chi connectivity index (χ1n) is 8.17. The van der Waals surface area contributed by atoms with Crippen LogP contribution in [-0.4, -0.2) is 23.8 Å². The number of Topliss-reactive ketones (excluding diaryl/α,β-unsaturated/α-hetero) is 1. The fourth-order valence-corrected chi connectivity index (χ4v) is 2.12. The van der Waals surface area contributed by atoms with Gasteiger partial charge in [-0.15, -0.1) is 0 Å². The zero-order valence-corrected chi connectivity index (χ0v) is 14.9. The second-order valence-corrected chi connectivity index (χ2v) is 5.89. The third-order valence-electron chi connectivity index (χ3n) is 3.35. The Morgan fingerprint density at radius 3 is 2.08 bits per heavy atom. The highest BCUT2D eigenvalue weighted by atomic mass is 16.5. The number of hydrogen-bond donors (Lipinski definition) is 0. The van der Waals surface area contributed by atoms with Crippen molar-refractivity contribution in [3.63, 3.8) is 0 Å². The SMILES string of the molecule is CC(=O)/C(=C/c1ccc(OC(=O)c2ccccc2)cc1)C(=O)OC(C)C. The lowest BCUT2D eigenvalue weighted by molar-refractivity contribution is -0.143. The molecule has 0 atom stereocenters. The Kier molecular flexibility index (Phi) is 6.44. The van der Waals surface area contributed by atoms with Crippen LogP contribution >= 0.6 is 0 Å². The van der Waals surface area contributed by atoms with Gasteiger partial charge < -0.3 is 9.47 Å². The molecule has 5 heteroatoms. The molecular weight excluding hydrogens is 332 g/mol. The lowest BCUT2D eigenvalue weighted by Crippen LogP contribution is -2.17. The van der Waals surface area contributed by atoms with Crippen molar-refractivity contribution in [2.45, 2.75) is 26.9 Å². The van der Waals surface area contributed by atoms with Crippen LogP contribution in [0.5, 0.6) is 5.75 Å². The topological polar surface area (TPSA) is 69.7 Å². The molecule has 2 aromatic carbocycles. The van der Waals surface area contributed by atoms with Crippen LogP contribution in [0.25, 0.3) is 6.08 Å². The van der Waals surface area contributed by atoms with Crippen molar-refractivity contribution in [3.05, 3.63) is 71.3 Å². The summed E-state index contributed by atoms with van der Waals surface area (Å²) in [5, 5.41) is 0.